The van der Waals surface area contributed by atoms with E-state index >= 15 is 0 Å². The Labute approximate surface area is 258 Å². The molecule has 4 heterocycles. The van der Waals surface area contributed by atoms with E-state index in [9.17, 15) is 4.39 Å². The van der Waals surface area contributed by atoms with E-state index in [1.54, 1.807) is 18.5 Å². The van der Waals surface area contributed by atoms with Gasteiger partial charge in [0.15, 0.2) is 5.65 Å². The van der Waals surface area contributed by atoms with Gasteiger partial charge in [0, 0.05) is 52.2 Å². The van der Waals surface area contributed by atoms with E-state index in [1.807, 2.05) is 43.7 Å². The Kier molecular flexibility index (Phi) is 8.98. The Morgan fingerprint density at radius 2 is 1.91 bits per heavy atom. The molecule has 0 saturated heterocycles. The van der Waals surface area contributed by atoms with Gasteiger partial charge in [0.25, 0.3) is 0 Å². The zero-order valence-corrected chi connectivity index (χ0v) is 26.2. The molecule has 0 atom stereocenters. The molecule has 0 bridgehead atoms. The summed E-state index contributed by atoms with van der Waals surface area (Å²) in [5, 5.41) is 12.8. The lowest BCUT2D eigenvalue weighted by Gasteiger charge is -2.12. The smallest absolute Gasteiger partial charge is 0.181 e. The first-order valence-corrected chi connectivity index (χ1v) is 16.7. The van der Waals surface area contributed by atoms with Crippen LogP contribution < -0.4 is 10.0 Å². The van der Waals surface area contributed by atoms with Crippen molar-refractivity contribution >= 4 is 48.6 Å². The van der Waals surface area contributed by atoms with Gasteiger partial charge < -0.3 is 10.3 Å². The maximum absolute atomic E-state index is 14.7. The van der Waals surface area contributed by atoms with Crippen molar-refractivity contribution in [2.75, 3.05) is 6.26 Å². The van der Waals surface area contributed by atoms with Crippen LogP contribution in [0.5, 0.6) is 0 Å². The molecule has 4 aromatic heterocycles. The number of hydrogen-bond donors (Lipinski definition) is 4. The maximum Gasteiger partial charge on any atom is 0.181 e. The van der Waals surface area contributed by atoms with Crippen LogP contribution in [0.3, 0.4) is 0 Å². The summed E-state index contributed by atoms with van der Waals surface area (Å²) in [4.78, 5) is 12.6. The number of aromatic nitrogens is 5. The Balaban J connectivity index is 1.53. The van der Waals surface area contributed by atoms with Gasteiger partial charge in [-0.2, -0.15) is 14.5 Å². The van der Waals surface area contributed by atoms with Crippen LogP contribution in [0.2, 0.25) is 0 Å². The van der Waals surface area contributed by atoms with Crippen molar-refractivity contribution in [3.8, 4) is 22.5 Å². The Morgan fingerprint density at radius 1 is 1.09 bits per heavy atom. The molecule has 0 spiro atoms. The molecule has 5 aromatic rings. The number of hydrogen-bond acceptors (Lipinski definition) is 5. The van der Waals surface area contributed by atoms with Crippen LogP contribution in [0, 0.1) is 5.82 Å². The van der Waals surface area contributed by atoms with Gasteiger partial charge in [0.05, 0.1) is 23.1 Å². The zero-order valence-electron chi connectivity index (χ0n) is 25.4. The summed E-state index contributed by atoms with van der Waals surface area (Å²) in [6.45, 7) is 12.7. The fraction of sp³-hybridized carbons (Fsp3) is 0.171. The van der Waals surface area contributed by atoms with Gasteiger partial charge in [-0.05, 0) is 78.8 Å². The highest BCUT2D eigenvalue weighted by molar-refractivity contribution is 8.25. The summed E-state index contributed by atoms with van der Waals surface area (Å²) < 4.78 is 18.0. The number of aromatic amines is 2. The van der Waals surface area contributed by atoms with Crippen molar-refractivity contribution in [3.63, 3.8) is 0 Å². The van der Waals surface area contributed by atoms with Crippen molar-refractivity contribution in [2.45, 2.75) is 33.2 Å². The lowest BCUT2D eigenvalue weighted by Crippen LogP contribution is -2.10. The van der Waals surface area contributed by atoms with E-state index in [2.05, 4.69) is 73.1 Å². The van der Waals surface area contributed by atoms with Crippen LogP contribution in [0.25, 0.3) is 50.0 Å². The van der Waals surface area contributed by atoms with Crippen LogP contribution in [-0.2, 0) is 6.54 Å². The fourth-order valence-electron chi connectivity index (χ4n) is 5.06. The summed E-state index contributed by atoms with van der Waals surface area (Å²) >= 11 is 0. The Hall–Kier alpha value is -4.73. The minimum absolute atomic E-state index is 0.312. The van der Waals surface area contributed by atoms with Gasteiger partial charge >= 0.3 is 0 Å². The molecule has 0 saturated carbocycles. The second-order valence-electron chi connectivity index (χ2n) is 11.0. The Bertz CT molecular complexity index is 2040. The van der Waals surface area contributed by atoms with Crippen molar-refractivity contribution in [1.82, 2.24) is 35.2 Å². The maximum atomic E-state index is 14.7. The lowest BCUT2D eigenvalue weighted by atomic mass is 10.0. The number of allylic oxidation sites excluding steroid dienone is 5. The molecule has 0 radical (unpaired) electrons. The highest BCUT2D eigenvalue weighted by Crippen LogP contribution is 2.34. The minimum Gasteiger partial charge on any atom is -0.359 e. The number of pyridine rings is 2. The summed E-state index contributed by atoms with van der Waals surface area (Å²) in [5.74, 6) is 7.80. The average Bonchev–Trinajstić information content (AvgIpc) is 3.61. The lowest BCUT2D eigenvalue weighted by molar-refractivity contribution is 0.625. The van der Waals surface area contributed by atoms with Crippen molar-refractivity contribution < 1.29 is 4.39 Å². The molecule has 0 aliphatic rings. The third kappa shape index (κ3) is 6.90. The van der Waals surface area contributed by atoms with Crippen LogP contribution in [0.15, 0.2) is 91.7 Å². The van der Waals surface area contributed by atoms with E-state index in [1.165, 1.54) is 12.1 Å². The molecule has 4 N–H and O–H groups in total. The number of fused-ring (bicyclic) bond motifs is 2. The van der Waals surface area contributed by atoms with Gasteiger partial charge in [-0.3, -0.25) is 14.8 Å². The molecule has 9 heteroatoms. The number of nitrogens with zero attached hydrogens (tertiary/aromatic N) is 3. The molecule has 7 nitrogen and oxygen atoms in total. The normalized spacial score (nSPS) is 12.6. The van der Waals surface area contributed by atoms with Gasteiger partial charge in [-0.1, -0.05) is 44.3 Å². The molecule has 0 aliphatic heterocycles. The van der Waals surface area contributed by atoms with E-state index in [-0.39, 0.29) is 5.82 Å². The Morgan fingerprint density at radius 3 is 2.64 bits per heavy atom. The number of nitrogens with one attached hydrogen (secondary N) is 4. The minimum atomic E-state index is -1.43. The predicted octanol–water partition coefficient (Wildman–Crippen LogP) is 7.99. The van der Waals surface area contributed by atoms with Gasteiger partial charge in [0.2, 0.25) is 0 Å². The van der Waals surface area contributed by atoms with Crippen LogP contribution in [-0.4, -0.2) is 43.1 Å². The van der Waals surface area contributed by atoms with Crippen molar-refractivity contribution in [2.24, 2.45) is 0 Å². The van der Waals surface area contributed by atoms with Crippen molar-refractivity contribution in [3.05, 3.63) is 109 Å². The van der Waals surface area contributed by atoms with Gasteiger partial charge in [-0.25, -0.2) is 9.37 Å². The van der Waals surface area contributed by atoms with E-state index in [0.29, 0.717) is 12.2 Å². The summed E-state index contributed by atoms with van der Waals surface area (Å²) in [7, 11) is -1.43. The summed E-state index contributed by atoms with van der Waals surface area (Å²) in [6.07, 6.45) is 15.1. The van der Waals surface area contributed by atoms with Gasteiger partial charge in [-0.15, -0.1) is 0 Å². The van der Waals surface area contributed by atoms with Crippen LogP contribution in [0.4, 0.5) is 4.39 Å². The standard InChI is InChI=1S/C35H38FN7S/c1-8-11-22(4)40-28(10-3)15-24(9-2)26-16-30-34(42-43-35(30)38-19-26)32-17-29-31(20-37-21-33(29)41-32)25-12-23(13-27(36)14-25)18-39-44(5,6)7/h9-10,12-17,19-21,39-41H,3-6,8,11,18H2,1-2,7H3,(H,38,42,43)/b24-9+,28-15+. The first-order valence-electron chi connectivity index (χ1n) is 14.3. The van der Waals surface area contributed by atoms with Crippen LogP contribution in [0.1, 0.15) is 37.8 Å². The van der Waals surface area contributed by atoms with Crippen molar-refractivity contribution in [1.29, 1.82) is 0 Å². The molecule has 44 heavy (non-hydrogen) atoms. The number of benzene rings is 1. The molecule has 226 valence electrons. The van der Waals surface area contributed by atoms with E-state index in [0.717, 1.165) is 79.7 Å². The number of H-pyrrole nitrogens is 2. The summed E-state index contributed by atoms with van der Waals surface area (Å²) in [5.41, 5.74) is 9.16. The molecule has 0 fully saturated rings. The molecule has 0 unspecified atom stereocenters. The molecule has 5 rings (SSSR count). The van der Waals surface area contributed by atoms with Gasteiger partial charge in [0.1, 0.15) is 5.82 Å². The van der Waals surface area contributed by atoms with E-state index in [4.69, 9.17) is 0 Å². The van der Waals surface area contributed by atoms with E-state index < -0.39 is 9.39 Å². The highest BCUT2D eigenvalue weighted by Gasteiger charge is 2.16. The second-order valence-corrected chi connectivity index (χ2v) is 13.8. The third-order valence-electron chi connectivity index (χ3n) is 7.17. The first-order chi connectivity index (χ1) is 21.1. The fourth-order valence-corrected chi connectivity index (χ4v) is 5.57. The monoisotopic (exact) mass is 607 g/mol. The molecular weight excluding hydrogens is 569 g/mol. The SMILES string of the molecule is C=C/C(=C\C(=C/C)c1cnc2n[nH]c(-c3cc4c(-c5cc(F)cc(CNS(=C)(=C)C)c5)cncc4[nH]3)c2c1)NC(=C)CCC. The van der Waals surface area contributed by atoms with Crippen LogP contribution >= 0.6 is 9.39 Å². The summed E-state index contributed by atoms with van der Waals surface area (Å²) in [6, 6.07) is 9.15. The highest BCUT2D eigenvalue weighted by atomic mass is 32.2. The first kappa shape index (κ1) is 30.7. The molecular formula is C35H38FN7S. The largest absolute Gasteiger partial charge is 0.359 e. The number of halogens is 1. The molecule has 0 amide bonds. The molecule has 1 aromatic carbocycles. The number of rotatable bonds is 12. The quantitative estimate of drug-likeness (QED) is 0.0852. The predicted molar refractivity (Wildman–Crippen MR) is 188 cm³/mol. The second kappa shape index (κ2) is 12.9. The molecule has 0 aliphatic carbocycles. The topological polar surface area (TPSA) is 94.3 Å². The average molecular weight is 608 g/mol. The third-order valence-corrected chi connectivity index (χ3v) is 8.01. The zero-order chi connectivity index (χ0) is 31.4.